The van der Waals surface area contributed by atoms with Crippen molar-refractivity contribution in [2.24, 2.45) is 0 Å². The van der Waals surface area contributed by atoms with Gasteiger partial charge in [0.15, 0.2) is 0 Å². The number of anilines is 1. The summed E-state index contributed by atoms with van der Waals surface area (Å²) in [5, 5.41) is 14.9. The SMILES string of the molecule is CNCCNc1ccc(C2CCN(C)CC2)nn1. The van der Waals surface area contributed by atoms with Gasteiger partial charge in [0.1, 0.15) is 5.82 Å². The lowest BCUT2D eigenvalue weighted by Crippen LogP contribution is -2.29. The summed E-state index contributed by atoms with van der Waals surface area (Å²) in [6.45, 7) is 4.13. The third-order valence-electron chi connectivity index (χ3n) is 3.50. The number of hydrogen-bond donors (Lipinski definition) is 2. The summed E-state index contributed by atoms with van der Waals surface area (Å²) in [4.78, 5) is 2.37. The third kappa shape index (κ3) is 3.65. The van der Waals surface area contributed by atoms with Crippen LogP contribution in [-0.4, -0.2) is 55.4 Å². The maximum Gasteiger partial charge on any atom is 0.148 e. The molecule has 18 heavy (non-hydrogen) atoms. The second-order valence-corrected chi connectivity index (χ2v) is 4.95. The van der Waals surface area contributed by atoms with E-state index in [2.05, 4.69) is 38.8 Å². The van der Waals surface area contributed by atoms with E-state index in [0.29, 0.717) is 5.92 Å². The van der Waals surface area contributed by atoms with Gasteiger partial charge in [-0.15, -0.1) is 5.10 Å². The van der Waals surface area contributed by atoms with Crippen LogP contribution >= 0.6 is 0 Å². The van der Waals surface area contributed by atoms with Gasteiger partial charge in [-0.05, 0) is 52.2 Å². The van der Waals surface area contributed by atoms with Gasteiger partial charge in [-0.1, -0.05) is 0 Å². The Kier molecular flexibility index (Phi) is 4.90. The van der Waals surface area contributed by atoms with Crippen molar-refractivity contribution in [3.63, 3.8) is 0 Å². The number of nitrogens with zero attached hydrogens (tertiary/aromatic N) is 3. The molecule has 0 saturated carbocycles. The van der Waals surface area contributed by atoms with Gasteiger partial charge in [0, 0.05) is 19.0 Å². The average Bonchev–Trinajstić information content (AvgIpc) is 2.41. The molecule has 1 fully saturated rings. The zero-order valence-corrected chi connectivity index (χ0v) is 11.3. The molecular formula is C13H23N5. The molecule has 2 rings (SSSR count). The topological polar surface area (TPSA) is 53.1 Å². The van der Waals surface area contributed by atoms with Crippen LogP contribution in [-0.2, 0) is 0 Å². The Balaban J connectivity index is 1.87. The Hall–Kier alpha value is -1.20. The lowest BCUT2D eigenvalue weighted by Gasteiger charge is -2.28. The summed E-state index contributed by atoms with van der Waals surface area (Å²) in [5.41, 5.74) is 1.14. The van der Waals surface area contributed by atoms with E-state index >= 15 is 0 Å². The molecule has 1 saturated heterocycles. The molecule has 0 amide bonds. The molecule has 0 unspecified atom stereocenters. The molecule has 0 aromatic carbocycles. The lowest BCUT2D eigenvalue weighted by atomic mass is 9.94. The number of nitrogens with one attached hydrogen (secondary N) is 2. The molecule has 1 aromatic rings. The fourth-order valence-electron chi connectivity index (χ4n) is 2.27. The van der Waals surface area contributed by atoms with Crippen molar-refractivity contribution in [1.29, 1.82) is 0 Å². The highest BCUT2D eigenvalue weighted by Crippen LogP contribution is 2.25. The van der Waals surface area contributed by atoms with Gasteiger partial charge in [0.05, 0.1) is 5.69 Å². The van der Waals surface area contributed by atoms with Gasteiger partial charge in [0.25, 0.3) is 0 Å². The van der Waals surface area contributed by atoms with Crippen molar-refractivity contribution < 1.29 is 0 Å². The number of likely N-dealkylation sites (N-methyl/N-ethyl adjacent to an activating group) is 1. The van der Waals surface area contributed by atoms with Crippen molar-refractivity contribution in [1.82, 2.24) is 20.4 Å². The van der Waals surface area contributed by atoms with Gasteiger partial charge in [-0.25, -0.2) is 0 Å². The standard InChI is InChI=1S/C13H23N5/c1-14-7-8-15-13-4-3-12(16-17-13)11-5-9-18(2)10-6-11/h3-4,11,14H,5-10H2,1-2H3,(H,15,17). The number of hydrogen-bond acceptors (Lipinski definition) is 5. The largest absolute Gasteiger partial charge is 0.367 e. The van der Waals surface area contributed by atoms with Crippen LogP contribution in [0.4, 0.5) is 5.82 Å². The van der Waals surface area contributed by atoms with Gasteiger partial charge in [0.2, 0.25) is 0 Å². The highest BCUT2D eigenvalue weighted by molar-refractivity contribution is 5.33. The fourth-order valence-corrected chi connectivity index (χ4v) is 2.27. The fraction of sp³-hybridized carbons (Fsp3) is 0.692. The van der Waals surface area contributed by atoms with Crippen LogP contribution < -0.4 is 10.6 Å². The molecule has 5 heteroatoms. The van der Waals surface area contributed by atoms with Crippen molar-refractivity contribution in [2.75, 3.05) is 45.6 Å². The van der Waals surface area contributed by atoms with Crippen LogP contribution in [0, 0.1) is 0 Å². The molecule has 0 bridgehead atoms. The molecule has 1 aliphatic rings. The van der Waals surface area contributed by atoms with E-state index < -0.39 is 0 Å². The van der Waals surface area contributed by atoms with Crippen LogP contribution in [0.5, 0.6) is 0 Å². The van der Waals surface area contributed by atoms with Crippen LogP contribution in [0.25, 0.3) is 0 Å². The Labute approximate surface area is 109 Å². The smallest absolute Gasteiger partial charge is 0.148 e. The van der Waals surface area contributed by atoms with Crippen LogP contribution in [0.2, 0.25) is 0 Å². The molecule has 2 N–H and O–H groups in total. The molecule has 1 aliphatic heterocycles. The molecule has 0 radical (unpaired) electrons. The Morgan fingerprint density at radius 2 is 2.00 bits per heavy atom. The lowest BCUT2D eigenvalue weighted by molar-refractivity contribution is 0.253. The first-order chi connectivity index (χ1) is 8.79. The minimum Gasteiger partial charge on any atom is -0.367 e. The number of rotatable bonds is 5. The van der Waals surface area contributed by atoms with Crippen LogP contribution in [0.1, 0.15) is 24.5 Å². The summed E-state index contributed by atoms with van der Waals surface area (Å²) in [7, 11) is 4.12. The molecular weight excluding hydrogens is 226 g/mol. The molecule has 2 heterocycles. The normalized spacial score (nSPS) is 17.9. The summed E-state index contributed by atoms with van der Waals surface area (Å²) >= 11 is 0. The summed E-state index contributed by atoms with van der Waals surface area (Å²) in [6, 6.07) is 4.15. The summed E-state index contributed by atoms with van der Waals surface area (Å²) < 4.78 is 0. The maximum absolute atomic E-state index is 4.35. The second-order valence-electron chi connectivity index (χ2n) is 4.95. The van der Waals surface area contributed by atoms with E-state index in [4.69, 9.17) is 0 Å². The maximum atomic E-state index is 4.35. The minimum absolute atomic E-state index is 0.583. The van der Waals surface area contributed by atoms with Crippen LogP contribution in [0.15, 0.2) is 12.1 Å². The zero-order valence-electron chi connectivity index (χ0n) is 11.3. The molecule has 100 valence electrons. The predicted octanol–water partition coefficient (Wildman–Crippen LogP) is 0.917. The monoisotopic (exact) mass is 249 g/mol. The Bertz CT molecular complexity index is 343. The van der Waals surface area contributed by atoms with E-state index in [1.807, 2.05) is 13.1 Å². The van der Waals surface area contributed by atoms with E-state index in [1.165, 1.54) is 12.8 Å². The molecule has 0 spiro atoms. The Morgan fingerprint density at radius 1 is 1.22 bits per heavy atom. The highest BCUT2D eigenvalue weighted by Gasteiger charge is 2.19. The molecule has 0 atom stereocenters. The molecule has 1 aromatic heterocycles. The van der Waals surface area contributed by atoms with Gasteiger partial charge in [-0.2, -0.15) is 5.10 Å². The summed E-state index contributed by atoms with van der Waals surface area (Å²) in [5.74, 6) is 1.45. The molecule has 0 aliphatic carbocycles. The van der Waals surface area contributed by atoms with E-state index in [-0.39, 0.29) is 0 Å². The second kappa shape index (κ2) is 6.66. The first-order valence-electron chi connectivity index (χ1n) is 6.70. The zero-order chi connectivity index (χ0) is 12.8. The van der Waals surface area contributed by atoms with E-state index in [0.717, 1.165) is 37.7 Å². The number of aromatic nitrogens is 2. The highest BCUT2D eigenvalue weighted by atomic mass is 15.2. The van der Waals surface area contributed by atoms with E-state index in [9.17, 15) is 0 Å². The minimum atomic E-state index is 0.583. The van der Waals surface area contributed by atoms with Gasteiger partial charge in [-0.3, -0.25) is 0 Å². The first-order valence-corrected chi connectivity index (χ1v) is 6.70. The Morgan fingerprint density at radius 3 is 2.61 bits per heavy atom. The third-order valence-corrected chi connectivity index (χ3v) is 3.50. The van der Waals surface area contributed by atoms with Crippen molar-refractivity contribution in [2.45, 2.75) is 18.8 Å². The van der Waals surface area contributed by atoms with Crippen molar-refractivity contribution in [3.05, 3.63) is 17.8 Å². The predicted molar refractivity (Wildman–Crippen MR) is 73.9 cm³/mol. The molecule has 5 nitrogen and oxygen atoms in total. The number of piperidine rings is 1. The van der Waals surface area contributed by atoms with Gasteiger partial charge >= 0.3 is 0 Å². The first kappa shape index (κ1) is 13.2. The van der Waals surface area contributed by atoms with E-state index in [1.54, 1.807) is 0 Å². The van der Waals surface area contributed by atoms with Crippen molar-refractivity contribution >= 4 is 5.82 Å². The van der Waals surface area contributed by atoms with Crippen molar-refractivity contribution in [3.8, 4) is 0 Å². The quantitative estimate of drug-likeness (QED) is 0.760. The number of likely N-dealkylation sites (tertiary alicyclic amines) is 1. The van der Waals surface area contributed by atoms with Gasteiger partial charge < -0.3 is 15.5 Å². The average molecular weight is 249 g/mol. The van der Waals surface area contributed by atoms with Crippen LogP contribution in [0.3, 0.4) is 0 Å². The summed E-state index contributed by atoms with van der Waals surface area (Å²) in [6.07, 6.45) is 2.38.